The van der Waals surface area contributed by atoms with E-state index < -0.39 is 6.03 Å². The van der Waals surface area contributed by atoms with Crippen LogP contribution in [0.25, 0.3) is 0 Å². The number of ether oxygens (including phenoxy) is 1. The Morgan fingerprint density at radius 3 is 2.64 bits per heavy atom. The van der Waals surface area contributed by atoms with Crippen molar-refractivity contribution in [2.75, 3.05) is 17.2 Å². The topological polar surface area (TPSA) is 67.4 Å². The minimum absolute atomic E-state index is 0.353. The van der Waals surface area contributed by atoms with Gasteiger partial charge >= 0.3 is 12.0 Å². The second-order valence-electron chi connectivity index (χ2n) is 6.61. The largest absolute Gasteiger partial charge is 0.462 e. The van der Waals surface area contributed by atoms with E-state index in [4.69, 9.17) is 27.9 Å². The number of fused-ring (bicyclic) bond motifs is 1. The second kappa shape index (κ2) is 9.63. The van der Waals surface area contributed by atoms with Crippen molar-refractivity contribution in [2.24, 2.45) is 0 Å². The van der Waals surface area contributed by atoms with Crippen LogP contribution in [-0.4, -0.2) is 18.6 Å². The average Bonchev–Trinajstić information content (AvgIpc) is 2.83. The standard InChI is InChI=1S/C20H22Cl2N2O3S/c1-2-10-27-19(25)17-13-6-4-3-5-7-16(13)28-18(17)24-20(26)23-12-8-9-14(21)15(22)11-12/h8-9,11H,2-7,10H2,1H3,(H2,23,24,26). The summed E-state index contributed by atoms with van der Waals surface area (Å²) in [6, 6.07) is 4.40. The van der Waals surface area contributed by atoms with Gasteiger partial charge in [-0.05, 0) is 55.9 Å². The van der Waals surface area contributed by atoms with Gasteiger partial charge in [-0.25, -0.2) is 9.59 Å². The van der Waals surface area contributed by atoms with Crippen LogP contribution in [-0.2, 0) is 17.6 Å². The summed E-state index contributed by atoms with van der Waals surface area (Å²) >= 11 is 13.4. The number of rotatable bonds is 5. The summed E-state index contributed by atoms with van der Waals surface area (Å²) in [5.41, 5.74) is 2.04. The Morgan fingerprint density at radius 1 is 1.11 bits per heavy atom. The van der Waals surface area contributed by atoms with E-state index in [0.29, 0.717) is 32.9 Å². The molecule has 0 atom stereocenters. The summed E-state index contributed by atoms with van der Waals surface area (Å²) in [6.07, 6.45) is 5.77. The van der Waals surface area contributed by atoms with Crippen LogP contribution in [0.3, 0.4) is 0 Å². The Labute approximate surface area is 178 Å². The lowest BCUT2D eigenvalue weighted by Gasteiger charge is -2.10. The number of aryl methyl sites for hydroxylation is 1. The molecule has 1 heterocycles. The van der Waals surface area contributed by atoms with Gasteiger partial charge in [0.05, 0.1) is 22.2 Å². The number of benzene rings is 1. The van der Waals surface area contributed by atoms with Gasteiger partial charge in [0, 0.05) is 10.6 Å². The number of hydrogen-bond acceptors (Lipinski definition) is 4. The van der Waals surface area contributed by atoms with Gasteiger partial charge in [0.25, 0.3) is 0 Å². The molecule has 1 aromatic heterocycles. The van der Waals surface area contributed by atoms with Crippen LogP contribution in [0.15, 0.2) is 18.2 Å². The number of thiophene rings is 1. The molecule has 1 aliphatic rings. The molecule has 0 bridgehead atoms. The third kappa shape index (κ3) is 4.99. The summed E-state index contributed by atoms with van der Waals surface area (Å²) in [5, 5.41) is 6.84. The van der Waals surface area contributed by atoms with E-state index in [0.717, 1.165) is 49.0 Å². The number of halogens is 2. The number of nitrogens with one attached hydrogen (secondary N) is 2. The maximum absolute atomic E-state index is 12.7. The normalized spacial score (nSPS) is 13.4. The Kier molecular flexibility index (Phi) is 7.21. The highest BCUT2D eigenvalue weighted by atomic mass is 35.5. The molecule has 1 aromatic carbocycles. The number of carbonyl (C=O) groups is 2. The number of hydrogen-bond donors (Lipinski definition) is 2. The van der Waals surface area contributed by atoms with Crippen LogP contribution >= 0.6 is 34.5 Å². The van der Waals surface area contributed by atoms with Crippen molar-refractivity contribution in [1.82, 2.24) is 0 Å². The van der Waals surface area contributed by atoms with Crippen LogP contribution < -0.4 is 10.6 Å². The number of amides is 2. The maximum atomic E-state index is 12.7. The molecule has 0 saturated heterocycles. The minimum atomic E-state index is -0.445. The molecule has 5 nitrogen and oxygen atoms in total. The van der Waals surface area contributed by atoms with Crippen molar-refractivity contribution < 1.29 is 14.3 Å². The Hall–Kier alpha value is -1.76. The molecule has 2 amide bonds. The lowest BCUT2D eigenvalue weighted by Crippen LogP contribution is -2.20. The van der Waals surface area contributed by atoms with Gasteiger partial charge in [0.15, 0.2) is 0 Å². The molecule has 0 aliphatic heterocycles. The monoisotopic (exact) mass is 440 g/mol. The molecule has 0 spiro atoms. The molecular weight excluding hydrogens is 419 g/mol. The summed E-state index contributed by atoms with van der Waals surface area (Å²) in [5.74, 6) is -0.369. The summed E-state index contributed by atoms with van der Waals surface area (Å²) < 4.78 is 5.38. The maximum Gasteiger partial charge on any atom is 0.341 e. The Morgan fingerprint density at radius 2 is 1.89 bits per heavy atom. The average molecular weight is 441 g/mol. The van der Waals surface area contributed by atoms with E-state index in [9.17, 15) is 9.59 Å². The molecule has 3 rings (SSSR count). The van der Waals surface area contributed by atoms with E-state index in [1.54, 1.807) is 18.2 Å². The van der Waals surface area contributed by atoms with E-state index in [2.05, 4.69) is 10.6 Å². The zero-order chi connectivity index (χ0) is 20.1. The highest BCUT2D eigenvalue weighted by Crippen LogP contribution is 2.38. The zero-order valence-electron chi connectivity index (χ0n) is 15.6. The predicted molar refractivity (Wildman–Crippen MR) is 115 cm³/mol. The van der Waals surface area contributed by atoms with Gasteiger partial charge in [-0.3, -0.25) is 5.32 Å². The number of urea groups is 1. The molecule has 0 radical (unpaired) electrons. The van der Waals surface area contributed by atoms with E-state index in [-0.39, 0.29) is 5.97 Å². The zero-order valence-corrected chi connectivity index (χ0v) is 17.9. The van der Waals surface area contributed by atoms with Crippen LogP contribution in [0.1, 0.15) is 53.4 Å². The van der Waals surface area contributed by atoms with Crippen molar-refractivity contribution in [2.45, 2.75) is 45.4 Å². The summed E-state index contributed by atoms with van der Waals surface area (Å²) in [6.45, 7) is 2.31. The van der Waals surface area contributed by atoms with Gasteiger partial charge in [-0.2, -0.15) is 0 Å². The first-order valence-corrected chi connectivity index (χ1v) is 10.9. The molecule has 28 heavy (non-hydrogen) atoms. The van der Waals surface area contributed by atoms with Crippen molar-refractivity contribution >= 4 is 57.2 Å². The van der Waals surface area contributed by atoms with Crippen molar-refractivity contribution in [3.8, 4) is 0 Å². The molecule has 8 heteroatoms. The number of esters is 1. The molecule has 0 unspecified atom stereocenters. The fraction of sp³-hybridized carbons (Fsp3) is 0.400. The van der Waals surface area contributed by atoms with Gasteiger partial charge in [-0.15, -0.1) is 11.3 Å². The van der Waals surface area contributed by atoms with Crippen molar-refractivity contribution in [3.63, 3.8) is 0 Å². The van der Waals surface area contributed by atoms with Crippen LogP contribution in [0.5, 0.6) is 0 Å². The molecule has 2 N–H and O–H groups in total. The van der Waals surface area contributed by atoms with Gasteiger partial charge in [-0.1, -0.05) is 36.5 Å². The first-order chi connectivity index (χ1) is 13.5. The third-order valence-corrected chi connectivity index (χ3v) is 6.41. The number of carbonyl (C=O) groups excluding carboxylic acids is 2. The first kappa shape index (κ1) is 21.0. The Bertz CT molecular complexity index is 883. The van der Waals surface area contributed by atoms with Gasteiger partial charge < -0.3 is 10.1 Å². The fourth-order valence-corrected chi connectivity index (χ4v) is 4.72. The highest BCUT2D eigenvalue weighted by Gasteiger charge is 2.26. The SMILES string of the molecule is CCCOC(=O)c1c(NC(=O)Nc2ccc(Cl)c(Cl)c2)sc2c1CCCCC2. The highest BCUT2D eigenvalue weighted by molar-refractivity contribution is 7.17. The minimum Gasteiger partial charge on any atom is -0.462 e. The molecule has 0 fully saturated rings. The molecule has 0 saturated carbocycles. The van der Waals surface area contributed by atoms with Gasteiger partial charge in [0.1, 0.15) is 5.00 Å². The smallest absolute Gasteiger partial charge is 0.341 e. The van der Waals surface area contributed by atoms with Crippen molar-refractivity contribution in [3.05, 3.63) is 44.2 Å². The second-order valence-corrected chi connectivity index (χ2v) is 8.53. The van der Waals surface area contributed by atoms with E-state index in [1.165, 1.54) is 11.3 Å². The lowest BCUT2D eigenvalue weighted by atomic mass is 10.1. The van der Waals surface area contributed by atoms with E-state index in [1.807, 2.05) is 6.92 Å². The summed E-state index contributed by atoms with van der Waals surface area (Å²) in [7, 11) is 0. The summed E-state index contributed by atoms with van der Waals surface area (Å²) in [4.78, 5) is 26.3. The third-order valence-electron chi connectivity index (χ3n) is 4.47. The Balaban J connectivity index is 1.82. The first-order valence-electron chi connectivity index (χ1n) is 9.34. The molecule has 2 aromatic rings. The van der Waals surface area contributed by atoms with Crippen LogP contribution in [0, 0.1) is 0 Å². The molecule has 150 valence electrons. The molecular formula is C20H22Cl2N2O3S. The van der Waals surface area contributed by atoms with Gasteiger partial charge in [0.2, 0.25) is 0 Å². The van der Waals surface area contributed by atoms with Crippen LogP contribution in [0.2, 0.25) is 10.0 Å². The van der Waals surface area contributed by atoms with Crippen molar-refractivity contribution in [1.29, 1.82) is 0 Å². The quantitative estimate of drug-likeness (QED) is 0.409. The lowest BCUT2D eigenvalue weighted by molar-refractivity contribution is 0.0505. The predicted octanol–water partition coefficient (Wildman–Crippen LogP) is 6.53. The fourth-order valence-electron chi connectivity index (χ4n) is 3.15. The van der Waals surface area contributed by atoms with Crippen LogP contribution in [0.4, 0.5) is 15.5 Å². The van der Waals surface area contributed by atoms with E-state index >= 15 is 0 Å². The molecule has 1 aliphatic carbocycles. The number of anilines is 2.